The molecule has 4 nitrogen and oxygen atoms in total. The Labute approximate surface area is 216 Å². The van der Waals surface area contributed by atoms with E-state index in [0.717, 1.165) is 61.8 Å². The number of aromatic amines is 1. The fourth-order valence-corrected chi connectivity index (χ4v) is 4.06. The molecule has 186 valence electrons. The molecular weight excluding hydrogens is 440 g/mol. The molecule has 0 aliphatic rings. The lowest BCUT2D eigenvalue weighted by molar-refractivity contribution is 1.21. The van der Waals surface area contributed by atoms with Crippen molar-refractivity contribution in [2.24, 2.45) is 0 Å². The van der Waals surface area contributed by atoms with E-state index in [9.17, 15) is 0 Å². The van der Waals surface area contributed by atoms with Crippen LogP contribution in [0, 0.1) is 6.92 Å². The Balaban J connectivity index is 0.00000222. The normalized spacial score (nSPS) is 11.9. The average Bonchev–Trinajstić information content (AvgIpc) is 3.30. The van der Waals surface area contributed by atoms with Crippen LogP contribution in [0.15, 0.2) is 98.5 Å². The van der Waals surface area contributed by atoms with Gasteiger partial charge in [0.2, 0.25) is 0 Å². The van der Waals surface area contributed by atoms with E-state index in [1.165, 1.54) is 0 Å². The van der Waals surface area contributed by atoms with Crippen LogP contribution < -0.4 is 5.32 Å². The number of pyridine rings is 2. The van der Waals surface area contributed by atoms with Gasteiger partial charge in [-0.15, -0.1) is 0 Å². The minimum atomic E-state index is 0.775. The van der Waals surface area contributed by atoms with Crippen molar-refractivity contribution in [1.82, 2.24) is 15.0 Å². The minimum Gasteiger partial charge on any atom is -0.373 e. The van der Waals surface area contributed by atoms with E-state index in [-0.39, 0.29) is 0 Å². The summed E-state index contributed by atoms with van der Waals surface area (Å²) in [6, 6.07) is 8.25. The fraction of sp³-hybridized carbons (Fsp3) is 0.188. The molecule has 0 amide bonds. The van der Waals surface area contributed by atoms with Gasteiger partial charge in [-0.1, -0.05) is 70.0 Å². The van der Waals surface area contributed by atoms with E-state index in [0.29, 0.717) is 0 Å². The molecule has 3 heterocycles. The van der Waals surface area contributed by atoms with Crippen molar-refractivity contribution in [3.05, 3.63) is 132 Å². The molecule has 0 bridgehead atoms. The molecule has 0 atom stereocenters. The lowest BCUT2D eigenvalue weighted by atomic mass is 9.95. The summed E-state index contributed by atoms with van der Waals surface area (Å²) in [5, 5.41) is 3.21. The summed E-state index contributed by atoms with van der Waals surface area (Å²) in [5.74, 6) is 0.775. The minimum absolute atomic E-state index is 0.775. The van der Waals surface area contributed by atoms with Crippen LogP contribution in [0.1, 0.15) is 61.3 Å². The highest BCUT2D eigenvalue weighted by Gasteiger charge is 2.17. The van der Waals surface area contributed by atoms with Crippen molar-refractivity contribution < 1.29 is 0 Å². The summed E-state index contributed by atoms with van der Waals surface area (Å²) in [4.78, 5) is 12.5. The molecule has 36 heavy (non-hydrogen) atoms. The first-order valence-corrected chi connectivity index (χ1v) is 12.2. The van der Waals surface area contributed by atoms with Crippen LogP contribution in [-0.2, 0) is 0 Å². The third kappa shape index (κ3) is 6.28. The van der Waals surface area contributed by atoms with Crippen LogP contribution in [0.5, 0.6) is 0 Å². The molecule has 0 radical (unpaired) electrons. The summed E-state index contributed by atoms with van der Waals surface area (Å²) in [6.45, 7) is 22.3. The summed E-state index contributed by atoms with van der Waals surface area (Å²) < 4.78 is 0. The fourth-order valence-electron chi connectivity index (χ4n) is 4.06. The van der Waals surface area contributed by atoms with Gasteiger partial charge in [0, 0.05) is 64.9 Å². The van der Waals surface area contributed by atoms with Crippen LogP contribution in [0.25, 0.3) is 16.7 Å². The number of allylic oxidation sites excluding steroid dienone is 7. The zero-order valence-corrected chi connectivity index (χ0v) is 22.4. The molecule has 2 N–H and O–H groups in total. The van der Waals surface area contributed by atoms with Gasteiger partial charge in [-0.05, 0) is 55.7 Å². The molecule has 0 aliphatic carbocycles. The van der Waals surface area contributed by atoms with E-state index in [1.807, 2.05) is 64.5 Å². The Morgan fingerprint density at radius 1 is 1.03 bits per heavy atom. The maximum atomic E-state index is 4.68. The summed E-state index contributed by atoms with van der Waals surface area (Å²) in [6.07, 6.45) is 15.2. The highest BCUT2D eigenvalue weighted by molar-refractivity contribution is 5.89. The van der Waals surface area contributed by atoms with E-state index in [4.69, 9.17) is 0 Å². The topological polar surface area (TPSA) is 53.6 Å². The Morgan fingerprint density at radius 2 is 1.75 bits per heavy atom. The number of hydrogen-bond acceptors (Lipinski definition) is 3. The van der Waals surface area contributed by atoms with Gasteiger partial charge in [0.15, 0.2) is 0 Å². The van der Waals surface area contributed by atoms with Gasteiger partial charge in [-0.3, -0.25) is 4.98 Å². The molecular formula is C32H38N4. The van der Waals surface area contributed by atoms with Gasteiger partial charge in [-0.25, -0.2) is 4.98 Å². The molecule has 0 saturated carbocycles. The molecule has 0 aromatic carbocycles. The van der Waals surface area contributed by atoms with E-state index in [1.54, 1.807) is 18.3 Å². The van der Waals surface area contributed by atoms with Gasteiger partial charge in [0.25, 0.3) is 0 Å². The average molecular weight is 479 g/mol. The highest BCUT2D eigenvalue weighted by atomic mass is 15.0. The number of aryl methyl sites for hydroxylation is 1. The predicted octanol–water partition coefficient (Wildman–Crippen LogP) is 8.40. The molecule has 0 spiro atoms. The molecule has 3 aromatic rings. The second-order valence-corrected chi connectivity index (χ2v) is 7.92. The number of hydrogen-bond donors (Lipinski definition) is 2. The molecule has 3 rings (SSSR count). The van der Waals surface area contributed by atoms with Gasteiger partial charge in [0.1, 0.15) is 5.82 Å². The van der Waals surface area contributed by atoms with Gasteiger partial charge in [0.05, 0.1) is 0 Å². The largest absolute Gasteiger partial charge is 0.373 e. The lowest BCUT2D eigenvalue weighted by Crippen LogP contribution is -2.01. The summed E-state index contributed by atoms with van der Waals surface area (Å²) in [5.41, 5.74) is 10.2. The standard InChI is InChI=1S/C30H32N4.C2H6/c1-8-12-20(4)25(10-3)24-16-27(30(31-7)33-19-24)21(5)29-17-28(22(6)34-29)26(13-9-2)23-14-11-15-32-18-23;1-2/h8-19,34H,1-2,5H2,3-4,6-7H3,(H,31,33);1-2H3/b20-12-,25-10+,26-13-;. The summed E-state index contributed by atoms with van der Waals surface area (Å²) in [7, 11) is 1.87. The van der Waals surface area contributed by atoms with Crippen molar-refractivity contribution in [1.29, 1.82) is 0 Å². The van der Waals surface area contributed by atoms with Crippen LogP contribution >= 0.6 is 0 Å². The Hall–Kier alpha value is -4.18. The first-order chi connectivity index (χ1) is 17.4. The zero-order valence-electron chi connectivity index (χ0n) is 22.4. The molecule has 0 aliphatic heterocycles. The molecule has 0 unspecified atom stereocenters. The van der Waals surface area contributed by atoms with Gasteiger partial charge < -0.3 is 10.3 Å². The van der Waals surface area contributed by atoms with Crippen molar-refractivity contribution >= 4 is 22.5 Å². The van der Waals surface area contributed by atoms with Crippen molar-refractivity contribution in [2.45, 2.75) is 34.6 Å². The van der Waals surface area contributed by atoms with Crippen LogP contribution in [0.2, 0.25) is 0 Å². The highest BCUT2D eigenvalue weighted by Crippen LogP contribution is 2.34. The van der Waals surface area contributed by atoms with Gasteiger partial charge >= 0.3 is 0 Å². The molecule has 4 heteroatoms. The Morgan fingerprint density at radius 3 is 2.33 bits per heavy atom. The first-order valence-electron chi connectivity index (χ1n) is 12.2. The number of anilines is 1. The maximum absolute atomic E-state index is 4.68. The number of H-pyrrole nitrogens is 1. The third-order valence-corrected chi connectivity index (χ3v) is 5.73. The van der Waals surface area contributed by atoms with Crippen LogP contribution in [0.3, 0.4) is 0 Å². The second kappa shape index (κ2) is 13.6. The lowest BCUT2D eigenvalue weighted by Gasteiger charge is -2.14. The second-order valence-electron chi connectivity index (χ2n) is 7.92. The quantitative estimate of drug-likeness (QED) is 0.304. The third-order valence-electron chi connectivity index (χ3n) is 5.73. The van der Waals surface area contributed by atoms with Crippen LogP contribution in [-0.4, -0.2) is 22.0 Å². The molecule has 3 aromatic heterocycles. The number of nitrogens with one attached hydrogen (secondary N) is 2. The Kier molecular flexibility index (Phi) is 10.6. The van der Waals surface area contributed by atoms with Gasteiger partial charge in [-0.2, -0.15) is 0 Å². The number of aromatic nitrogens is 3. The number of nitrogens with zero attached hydrogens (tertiary/aromatic N) is 2. The first kappa shape index (κ1) is 28.1. The van der Waals surface area contributed by atoms with Crippen molar-refractivity contribution in [3.8, 4) is 0 Å². The van der Waals surface area contributed by atoms with E-state index >= 15 is 0 Å². The monoisotopic (exact) mass is 478 g/mol. The smallest absolute Gasteiger partial charge is 0.133 e. The summed E-state index contributed by atoms with van der Waals surface area (Å²) >= 11 is 0. The predicted molar refractivity (Wildman–Crippen MR) is 158 cm³/mol. The van der Waals surface area contributed by atoms with Crippen molar-refractivity contribution in [2.75, 3.05) is 12.4 Å². The Bertz CT molecular complexity index is 1300. The van der Waals surface area contributed by atoms with E-state index in [2.05, 4.69) is 72.1 Å². The molecule has 0 saturated heterocycles. The van der Waals surface area contributed by atoms with E-state index < -0.39 is 0 Å². The maximum Gasteiger partial charge on any atom is 0.133 e. The molecule has 0 fully saturated rings. The number of rotatable bonds is 9. The van der Waals surface area contributed by atoms with Crippen molar-refractivity contribution in [3.63, 3.8) is 0 Å². The SMILES string of the molecule is C=C/C=C(C)\C(=C/C)c1cnc(NC)c(C(=C)c2cc(/C(=C\C=C)c3cccnc3)c(C)[nH]2)c1.CC. The van der Waals surface area contributed by atoms with Crippen LogP contribution in [0.4, 0.5) is 5.82 Å². The zero-order chi connectivity index (χ0) is 26.7.